The molecule has 3 rings (SSSR count). The fourth-order valence-electron chi connectivity index (χ4n) is 2.99. The first-order valence-electron chi connectivity index (χ1n) is 8.50. The third kappa shape index (κ3) is 4.44. The van der Waals surface area contributed by atoms with Gasteiger partial charge in [0.1, 0.15) is 11.2 Å². The minimum atomic E-state index is -0.471. The number of pyridine rings is 1. The number of carbonyl (C=O) groups excluding carboxylic acids is 1. The van der Waals surface area contributed by atoms with Gasteiger partial charge >= 0.3 is 6.09 Å². The summed E-state index contributed by atoms with van der Waals surface area (Å²) < 4.78 is 7.38. The summed E-state index contributed by atoms with van der Waals surface area (Å²) in [5.41, 5.74) is 1.19. The number of hydrogen-bond acceptors (Lipinski definition) is 4. The van der Waals surface area contributed by atoms with Gasteiger partial charge in [-0.2, -0.15) is 0 Å². The zero-order valence-electron chi connectivity index (χ0n) is 15.2. The Bertz CT molecular complexity index is 783. The number of fused-ring (bicyclic) bond motifs is 1. The molecule has 1 saturated heterocycles. The van der Waals surface area contributed by atoms with Gasteiger partial charge in [0, 0.05) is 37.6 Å². The van der Waals surface area contributed by atoms with Crippen LogP contribution in [0.4, 0.5) is 4.79 Å². The summed E-state index contributed by atoms with van der Waals surface area (Å²) in [5.74, 6) is 0. The van der Waals surface area contributed by atoms with Crippen molar-refractivity contribution in [3.8, 4) is 0 Å². The van der Waals surface area contributed by atoms with Crippen LogP contribution in [0.1, 0.15) is 39.8 Å². The monoisotopic (exact) mass is 364 g/mol. The van der Waals surface area contributed by atoms with E-state index < -0.39 is 5.60 Å². The molecule has 1 aliphatic rings. The number of likely N-dealkylation sites (tertiary alicyclic amines) is 1. The lowest BCUT2D eigenvalue weighted by Gasteiger charge is -2.27. The van der Waals surface area contributed by atoms with Gasteiger partial charge in [-0.3, -0.25) is 0 Å². The van der Waals surface area contributed by atoms with E-state index in [1.54, 1.807) is 4.90 Å². The zero-order chi connectivity index (χ0) is 18.2. The summed E-state index contributed by atoms with van der Waals surface area (Å²) in [7, 11) is 0. The number of nitrogens with zero attached hydrogens (tertiary/aromatic N) is 3. The smallest absolute Gasteiger partial charge is 0.410 e. The predicted octanol–water partition coefficient (Wildman–Crippen LogP) is 3.48. The highest BCUT2D eigenvalue weighted by Gasteiger charge is 2.37. The largest absolute Gasteiger partial charge is 0.444 e. The molecular formula is C18H25ClN4O2. The second-order valence-corrected chi connectivity index (χ2v) is 8.35. The third-order valence-electron chi connectivity index (χ3n) is 4.29. The Morgan fingerprint density at radius 3 is 2.88 bits per heavy atom. The number of ether oxygens (including phenoxy) is 1. The number of aromatic nitrogens is 2. The Kier molecular flexibility index (Phi) is 4.68. The topological polar surface area (TPSA) is 58.9 Å². The number of carbonyl (C=O) groups is 1. The minimum absolute atomic E-state index is 0.148. The second-order valence-electron chi connectivity index (χ2n) is 7.91. The number of hydrogen-bond donors (Lipinski definition) is 1. The van der Waals surface area contributed by atoms with Crippen LogP contribution >= 0.6 is 11.6 Å². The highest BCUT2D eigenvalue weighted by atomic mass is 35.5. The van der Waals surface area contributed by atoms with Crippen molar-refractivity contribution in [3.05, 3.63) is 35.2 Å². The molecule has 7 heteroatoms. The Morgan fingerprint density at radius 1 is 1.40 bits per heavy atom. The van der Waals surface area contributed by atoms with Gasteiger partial charge in [-0.05, 0) is 46.2 Å². The quantitative estimate of drug-likeness (QED) is 0.905. The van der Waals surface area contributed by atoms with Gasteiger partial charge in [0.2, 0.25) is 0 Å². The van der Waals surface area contributed by atoms with E-state index in [0.717, 1.165) is 17.8 Å². The van der Waals surface area contributed by atoms with Crippen molar-refractivity contribution in [1.29, 1.82) is 0 Å². The molecule has 2 aromatic rings. The second kappa shape index (κ2) is 6.50. The number of imidazole rings is 1. The fourth-order valence-corrected chi connectivity index (χ4v) is 3.16. The molecule has 0 bridgehead atoms. The molecule has 0 aliphatic carbocycles. The molecule has 0 saturated carbocycles. The van der Waals surface area contributed by atoms with Gasteiger partial charge in [0.05, 0.1) is 10.7 Å². The van der Waals surface area contributed by atoms with E-state index >= 15 is 0 Å². The molecule has 1 unspecified atom stereocenters. The highest BCUT2D eigenvalue weighted by molar-refractivity contribution is 6.30. The van der Waals surface area contributed by atoms with Crippen LogP contribution < -0.4 is 5.32 Å². The van der Waals surface area contributed by atoms with Crippen molar-refractivity contribution in [2.24, 2.45) is 0 Å². The molecule has 25 heavy (non-hydrogen) atoms. The van der Waals surface area contributed by atoms with Crippen LogP contribution in [0.15, 0.2) is 24.5 Å². The van der Waals surface area contributed by atoms with Crippen molar-refractivity contribution in [2.75, 3.05) is 13.1 Å². The van der Waals surface area contributed by atoms with Gasteiger partial charge in [-0.1, -0.05) is 11.6 Å². The molecule has 0 radical (unpaired) electrons. The van der Waals surface area contributed by atoms with Crippen molar-refractivity contribution in [2.45, 2.75) is 51.8 Å². The first kappa shape index (κ1) is 18.0. The number of rotatable bonds is 3. The maximum absolute atomic E-state index is 12.2. The van der Waals surface area contributed by atoms with E-state index in [-0.39, 0.29) is 11.6 Å². The van der Waals surface area contributed by atoms with Gasteiger partial charge in [0.25, 0.3) is 0 Å². The average molecular weight is 365 g/mol. The molecule has 1 aliphatic heterocycles. The van der Waals surface area contributed by atoms with E-state index in [9.17, 15) is 4.79 Å². The molecular weight excluding hydrogens is 340 g/mol. The molecule has 1 N–H and O–H groups in total. The van der Waals surface area contributed by atoms with E-state index in [2.05, 4.69) is 17.2 Å². The van der Waals surface area contributed by atoms with E-state index in [1.165, 1.54) is 0 Å². The van der Waals surface area contributed by atoms with Gasteiger partial charge in [0.15, 0.2) is 0 Å². The van der Waals surface area contributed by atoms with E-state index in [1.807, 2.05) is 49.7 Å². The summed E-state index contributed by atoms with van der Waals surface area (Å²) in [4.78, 5) is 18.6. The van der Waals surface area contributed by atoms with Crippen molar-refractivity contribution in [3.63, 3.8) is 0 Å². The van der Waals surface area contributed by atoms with Crippen LogP contribution in [0.25, 0.3) is 5.65 Å². The molecule has 2 aromatic heterocycles. The molecule has 1 atom stereocenters. The lowest BCUT2D eigenvalue weighted by Crippen LogP contribution is -2.46. The molecule has 136 valence electrons. The van der Waals surface area contributed by atoms with Crippen molar-refractivity contribution >= 4 is 23.3 Å². The van der Waals surface area contributed by atoms with Crippen LogP contribution in [0.5, 0.6) is 0 Å². The molecule has 0 aromatic carbocycles. The van der Waals surface area contributed by atoms with Crippen LogP contribution in [0.2, 0.25) is 5.02 Å². The number of amides is 1. The third-order valence-corrected chi connectivity index (χ3v) is 4.51. The standard InChI is InChI=1S/C18H25ClN4O2/c1-17(2,3)25-16(24)22-8-7-18(4,12-22)20-9-14-11-23-10-13(19)5-6-15(23)21-14/h5-6,10-11,20H,7-9,12H2,1-4H3. The molecule has 0 spiro atoms. The van der Waals surface area contributed by atoms with Crippen LogP contribution in [0, 0.1) is 0 Å². The summed E-state index contributed by atoms with van der Waals surface area (Å²) in [6, 6.07) is 3.73. The maximum Gasteiger partial charge on any atom is 0.410 e. The van der Waals surface area contributed by atoms with Crippen LogP contribution in [-0.2, 0) is 11.3 Å². The van der Waals surface area contributed by atoms with Gasteiger partial charge < -0.3 is 19.4 Å². The summed E-state index contributed by atoms with van der Waals surface area (Å²) in [6.45, 7) is 9.73. The Morgan fingerprint density at radius 2 is 2.16 bits per heavy atom. The van der Waals surface area contributed by atoms with E-state index in [4.69, 9.17) is 16.3 Å². The Labute approximate surface area is 153 Å². The maximum atomic E-state index is 12.2. The number of halogens is 1. The summed E-state index contributed by atoms with van der Waals surface area (Å²) in [5, 5.41) is 4.22. The first-order chi connectivity index (χ1) is 11.6. The van der Waals surface area contributed by atoms with E-state index in [0.29, 0.717) is 24.7 Å². The number of nitrogens with one attached hydrogen (secondary N) is 1. The van der Waals surface area contributed by atoms with Gasteiger partial charge in [-0.25, -0.2) is 9.78 Å². The normalized spacial score (nSPS) is 21.1. The fraction of sp³-hybridized carbons (Fsp3) is 0.556. The Balaban J connectivity index is 1.59. The lowest BCUT2D eigenvalue weighted by molar-refractivity contribution is 0.0282. The Hall–Kier alpha value is -1.79. The van der Waals surface area contributed by atoms with Crippen molar-refractivity contribution in [1.82, 2.24) is 19.6 Å². The molecule has 3 heterocycles. The lowest BCUT2D eigenvalue weighted by atomic mass is 10.0. The van der Waals surface area contributed by atoms with Crippen LogP contribution in [-0.4, -0.2) is 44.6 Å². The SMILES string of the molecule is CC1(NCc2cn3cc(Cl)ccc3n2)CCN(C(=O)OC(C)(C)C)C1. The molecule has 6 nitrogen and oxygen atoms in total. The molecule has 1 fully saturated rings. The summed E-state index contributed by atoms with van der Waals surface area (Å²) >= 11 is 6.01. The summed E-state index contributed by atoms with van der Waals surface area (Å²) in [6.07, 6.45) is 4.44. The van der Waals surface area contributed by atoms with Crippen molar-refractivity contribution < 1.29 is 9.53 Å². The predicted molar refractivity (Wildman–Crippen MR) is 97.9 cm³/mol. The zero-order valence-corrected chi connectivity index (χ0v) is 15.9. The molecule has 1 amide bonds. The minimum Gasteiger partial charge on any atom is -0.444 e. The van der Waals surface area contributed by atoms with Gasteiger partial charge in [-0.15, -0.1) is 0 Å². The average Bonchev–Trinajstić information content (AvgIpc) is 3.07. The van der Waals surface area contributed by atoms with Crippen LogP contribution in [0.3, 0.4) is 0 Å². The highest BCUT2D eigenvalue weighted by Crippen LogP contribution is 2.23. The first-order valence-corrected chi connectivity index (χ1v) is 8.87.